The Morgan fingerprint density at radius 1 is 1.62 bits per heavy atom. The summed E-state index contributed by atoms with van der Waals surface area (Å²) >= 11 is 1.42. The first-order valence-corrected chi connectivity index (χ1v) is 4.82. The Morgan fingerprint density at radius 3 is 3.23 bits per heavy atom. The van der Waals surface area contributed by atoms with E-state index >= 15 is 0 Å². The molecule has 13 heavy (non-hydrogen) atoms. The molecule has 0 bridgehead atoms. The Hall–Kier alpha value is -1.36. The van der Waals surface area contributed by atoms with Crippen LogP contribution in [0.5, 0.6) is 5.88 Å². The van der Waals surface area contributed by atoms with E-state index in [-0.39, 0.29) is 0 Å². The molecule has 0 radical (unpaired) electrons. The van der Waals surface area contributed by atoms with Gasteiger partial charge in [-0.25, -0.2) is 4.98 Å². The number of nitrogens with two attached hydrogens (primary N) is 1. The van der Waals surface area contributed by atoms with Gasteiger partial charge >= 0.3 is 5.88 Å². The molecule has 0 aliphatic heterocycles. The summed E-state index contributed by atoms with van der Waals surface area (Å²) in [5.41, 5.74) is 6.44. The van der Waals surface area contributed by atoms with Crippen molar-refractivity contribution in [3.8, 4) is 5.88 Å². The number of nitrogen functional groups attached to an aromatic ring is 1. The van der Waals surface area contributed by atoms with E-state index in [4.69, 9.17) is 10.5 Å². The number of hydrogen-bond donors (Lipinski definition) is 1. The zero-order valence-electron chi connectivity index (χ0n) is 7.20. The zero-order valence-corrected chi connectivity index (χ0v) is 8.02. The summed E-state index contributed by atoms with van der Waals surface area (Å²) in [6, 6.07) is 3.74. The summed E-state index contributed by atoms with van der Waals surface area (Å²) in [5, 5.41) is 0.569. The second-order valence-corrected chi connectivity index (χ2v) is 3.55. The number of H-pyrrole nitrogens is 1. The van der Waals surface area contributed by atoms with Crippen LogP contribution in [-0.2, 0) is 0 Å². The predicted octanol–water partition coefficient (Wildman–Crippen LogP) is 1.09. The quantitative estimate of drug-likeness (QED) is 0.782. The van der Waals surface area contributed by atoms with Crippen molar-refractivity contribution in [2.75, 3.05) is 12.3 Å². The molecule has 0 spiro atoms. The molecule has 2 rings (SSSR count). The molecule has 0 saturated carbocycles. The number of ether oxygens (including phenoxy) is 1. The van der Waals surface area contributed by atoms with Gasteiger partial charge in [0.05, 0.1) is 12.7 Å². The number of fused-ring (bicyclic) bond motifs is 1. The lowest BCUT2D eigenvalue weighted by Gasteiger charge is -1.93. The Bertz CT molecular complexity index is 426. The fourth-order valence-electron chi connectivity index (χ4n) is 1.10. The molecule has 0 atom stereocenters. The first-order valence-electron chi connectivity index (χ1n) is 4.00. The van der Waals surface area contributed by atoms with E-state index < -0.39 is 0 Å². The molecular formula is C8H10N3OS+. The van der Waals surface area contributed by atoms with Crippen LogP contribution < -0.4 is 15.5 Å². The van der Waals surface area contributed by atoms with Gasteiger partial charge in [-0.3, -0.25) is 0 Å². The molecule has 0 saturated heterocycles. The lowest BCUT2D eigenvalue weighted by Crippen LogP contribution is -2.08. The molecule has 4 nitrogen and oxygen atoms in total. The van der Waals surface area contributed by atoms with Crippen molar-refractivity contribution in [1.29, 1.82) is 0 Å². The molecule has 2 heterocycles. The number of rotatable bonds is 2. The third-order valence-electron chi connectivity index (χ3n) is 1.60. The number of nitrogens with zero attached hydrogens (tertiary/aromatic N) is 1. The standard InChI is InChI=1S/C8H9N3OS/c1-2-12-6-4-3-5-7(11-6)13-8(9)10-5/h3-4H,2H2,1H3,(H2,9,10)/p+1. The topological polar surface area (TPSA) is 62.3 Å². The van der Waals surface area contributed by atoms with Crippen LogP contribution in [0.1, 0.15) is 6.92 Å². The second-order valence-electron chi connectivity index (χ2n) is 2.52. The van der Waals surface area contributed by atoms with Crippen LogP contribution in [0.2, 0.25) is 0 Å². The normalized spacial score (nSPS) is 10.5. The number of anilines is 1. The highest BCUT2D eigenvalue weighted by Gasteiger charge is 2.09. The van der Waals surface area contributed by atoms with Crippen molar-refractivity contribution in [2.24, 2.45) is 0 Å². The van der Waals surface area contributed by atoms with Crippen molar-refractivity contribution in [1.82, 2.24) is 4.98 Å². The van der Waals surface area contributed by atoms with Gasteiger partial charge < -0.3 is 10.5 Å². The highest BCUT2D eigenvalue weighted by molar-refractivity contribution is 7.21. The molecule has 0 aromatic carbocycles. The Balaban J connectivity index is 2.48. The minimum atomic E-state index is 0.569. The van der Waals surface area contributed by atoms with Crippen molar-refractivity contribution in [2.45, 2.75) is 6.92 Å². The number of pyridine rings is 1. The largest absolute Gasteiger partial charge is 0.445 e. The van der Waals surface area contributed by atoms with Crippen LogP contribution in [0, 0.1) is 0 Å². The van der Waals surface area contributed by atoms with E-state index in [1.165, 1.54) is 11.3 Å². The third-order valence-corrected chi connectivity index (χ3v) is 2.41. The lowest BCUT2D eigenvalue weighted by molar-refractivity contribution is -0.360. The molecule has 2 aromatic rings. The minimum Gasteiger partial charge on any atom is -0.445 e. The first kappa shape index (κ1) is 8.25. The summed E-state index contributed by atoms with van der Waals surface area (Å²) in [5.74, 6) is 0.749. The summed E-state index contributed by atoms with van der Waals surface area (Å²) in [6.45, 7) is 2.59. The predicted molar refractivity (Wildman–Crippen MR) is 51.8 cm³/mol. The second kappa shape index (κ2) is 3.18. The smallest absolute Gasteiger partial charge is 0.367 e. The average molecular weight is 196 g/mol. The van der Waals surface area contributed by atoms with Gasteiger partial charge in [0.15, 0.2) is 5.13 Å². The van der Waals surface area contributed by atoms with Crippen molar-refractivity contribution in [3.05, 3.63) is 12.1 Å². The fourth-order valence-corrected chi connectivity index (χ4v) is 1.82. The Labute approximate surface area is 79.4 Å². The van der Waals surface area contributed by atoms with Gasteiger partial charge in [0, 0.05) is 0 Å². The van der Waals surface area contributed by atoms with Crippen LogP contribution in [0.15, 0.2) is 12.1 Å². The van der Waals surface area contributed by atoms with Gasteiger partial charge in [-0.2, -0.15) is 4.98 Å². The third kappa shape index (κ3) is 1.55. The highest BCUT2D eigenvalue weighted by Crippen LogP contribution is 2.20. The number of thiazole rings is 1. The lowest BCUT2D eigenvalue weighted by atomic mass is 10.4. The van der Waals surface area contributed by atoms with Crippen LogP contribution in [0.25, 0.3) is 10.3 Å². The van der Waals surface area contributed by atoms with Gasteiger partial charge in [-0.15, -0.1) is 0 Å². The van der Waals surface area contributed by atoms with Gasteiger partial charge in [0.25, 0.3) is 4.83 Å². The Morgan fingerprint density at radius 2 is 2.46 bits per heavy atom. The fraction of sp³-hybridized carbons (Fsp3) is 0.250. The highest BCUT2D eigenvalue weighted by atomic mass is 32.1. The maximum atomic E-state index is 5.56. The molecule has 2 aromatic heterocycles. The SMILES string of the molecule is CCOc1ccc2nc(N)sc2[nH+]1. The molecular weight excluding hydrogens is 186 g/mol. The van der Waals surface area contributed by atoms with Gasteiger partial charge in [-0.05, 0) is 24.3 Å². The van der Waals surface area contributed by atoms with E-state index in [0.717, 1.165) is 16.2 Å². The number of hydrogen-bond acceptors (Lipinski definition) is 4. The molecule has 0 unspecified atom stereocenters. The van der Waals surface area contributed by atoms with E-state index in [1.54, 1.807) is 0 Å². The van der Waals surface area contributed by atoms with Crippen LogP contribution >= 0.6 is 11.3 Å². The van der Waals surface area contributed by atoms with E-state index in [9.17, 15) is 0 Å². The minimum absolute atomic E-state index is 0.569. The maximum absolute atomic E-state index is 5.56. The van der Waals surface area contributed by atoms with Crippen molar-refractivity contribution >= 4 is 26.8 Å². The number of nitrogens with one attached hydrogen (secondary N) is 1. The number of aromatic nitrogens is 2. The van der Waals surface area contributed by atoms with Crippen LogP contribution in [-0.4, -0.2) is 11.6 Å². The summed E-state index contributed by atoms with van der Waals surface area (Å²) in [4.78, 5) is 8.17. The van der Waals surface area contributed by atoms with Crippen LogP contribution in [0.4, 0.5) is 5.13 Å². The Kier molecular flexibility index (Phi) is 2.02. The van der Waals surface area contributed by atoms with Crippen molar-refractivity contribution in [3.63, 3.8) is 0 Å². The molecule has 0 aliphatic carbocycles. The molecule has 68 valence electrons. The zero-order chi connectivity index (χ0) is 9.26. The van der Waals surface area contributed by atoms with Crippen LogP contribution in [0.3, 0.4) is 0 Å². The summed E-state index contributed by atoms with van der Waals surface area (Å²) in [6.07, 6.45) is 0. The van der Waals surface area contributed by atoms with Gasteiger partial charge in [0.1, 0.15) is 5.52 Å². The number of aromatic amines is 1. The summed E-state index contributed by atoms with van der Waals surface area (Å²) < 4.78 is 5.31. The maximum Gasteiger partial charge on any atom is 0.367 e. The van der Waals surface area contributed by atoms with Gasteiger partial charge in [-0.1, -0.05) is 0 Å². The summed E-state index contributed by atoms with van der Waals surface area (Å²) in [7, 11) is 0. The molecule has 0 fully saturated rings. The molecule has 3 N–H and O–H groups in total. The van der Waals surface area contributed by atoms with Crippen molar-refractivity contribution < 1.29 is 9.72 Å². The molecule has 0 amide bonds. The monoisotopic (exact) mass is 196 g/mol. The molecule has 0 aliphatic rings. The van der Waals surface area contributed by atoms with E-state index in [0.29, 0.717) is 11.7 Å². The average Bonchev–Trinajstić information content (AvgIpc) is 2.44. The first-order chi connectivity index (χ1) is 6.29. The van der Waals surface area contributed by atoms with E-state index in [1.807, 2.05) is 19.1 Å². The van der Waals surface area contributed by atoms with E-state index in [2.05, 4.69) is 9.97 Å². The van der Waals surface area contributed by atoms with Gasteiger partial charge in [0.2, 0.25) is 0 Å². The molecule has 5 heteroatoms.